The molecule has 0 spiro atoms. The molecule has 0 saturated heterocycles. The van der Waals surface area contributed by atoms with Crippen LogP contribution in [0.15, 0.2) is 107 Å². The molecule has 3 aromatic carbocycles. The summed E-state index contributed by atoms with van der Waals surface area (Å²) in [7, 11) is -2.88. The summed E-state index contributed by atoms with van der Waals surface area (Å²) in [5.74, 6) is 0. The largest absolute Gasteiger partial charge is 0.309 e. The minimum absolute atomic E-state index is 0.862. The van der Waals surface area contributed by atoms with Crippen molar-refractivity contribution in [3.8, 4) is 0 Å². The van der Waals surface area contributed by atoms with Crippen molar-refractivity contribution in [2.75, 3.05) is 0 Å². The maximum absolute atomic E-state index is 14.7. The van der Waals surface area contributed by atoms with Crippen LogP contribution in [0.25, 0.3) is 0 Å². The van der Waals surface area contributed by atoms with Crippen LogP contribution < -0.4 is 10.6 Å². The highest BCUT2D eigenvalue weighted by Crippen LogP contribution is 2.54. The molecule has 3 rings (SSSR count). The first-order valence-electron chi connectivity index (χ1n) is 10.4. The monoisotopic (exact) mass is 420 g/mol. The van der Waals surface area contributed by atoms with Crippen LogP contribution in [0.5, 0.6) is 0 Å². The summed E-state index contributed by atoms with van der Waals surface area (Å²) in [6.07, 6.45) is 5.53. The fourth-order valence-electron chi connectivity index (χ4n) is 3.42. The van der Waals surface area contributed by atoms with Crippen molar-refractivity contribution in [2.24, 2.45) is 0 Å². The Bertz CT molecular complexity index is 893. The second-order valence-electron chi connectivity index (χ2n) is 7.13. The van der Waals surface area contributed by atoms with E-state index >= 15 is 0 Å². The average molecular weight is 421 g/mol. The molecule has 0 radical (unpaired) electrons. The van der Waals surface area contributed by atoms with Crippen molar-refractivity contribution in [1.82, 2.24) is 0 Å². The molecule has 150 valence electrons. The first kappa shape index (κ1) is 21.7. The highest BCUT2D eigenvalue weighted by molar-refractivity contribution is 8.02. The van der Waals surface area contributed by atoms with E-state index in [0.717, 1.165) is 28.8 Å². The predicted molar refractivity (Wildman–Crippen MR) is 129 cm³/mol. The van der Waals surface area contributed by atoms with Crippen LogP contribution >= 0.6 is 18.9 Å². The van der Waals surface area contributed by atoms with E-state index in [1.54, 1.807) is 11.8 Å². The number of hydrogen-bond donors (Lipinski definition) is 0. The van der Waals surface area contributed by atoms with Crippen LogP contribution in [-0.4, -0.2) is 0 Å². The van der Waals surface area contributed by atoms with Crippen LogP contribution in [-0.2, 0) is 4.57 Å². The van der Waals surface area contributed by atoms with Crippen LogP contribution in [0.1, 0.15) is 39.0 Å². The molecule has 0 amide bonds. The van der Waals surface area contributed by atoms with Crippen LogP contribution in [0.4, 0.5) is 0 Å². The zero-order valence-corrected chi connectivity index (χ0v) is 18.7. The van der Waals surface area contributed by atoms with Gasteiger partial charge in [-0.25, -0.2) is 0 Å². The molecule has 0 atom stereocenters. The van der Waals surface area contributed by atoms with E-state index in [-0.39, 0.29) is 0 Å². The molecule has 1 nitrogen and oxygen atoms in total. The topological polar surface area (TPSA) is 17.1 Å². The third kappa shape index (κ3) is 5.75. The van der Waals surface area contributed by atoms with E-state index < -0.39 is 7.14 Å². The van der Waals surface area contributed by atoms with Crippen LogP contribution in [0.2, 0.25) is 0 Å². The Kier molecular flexibility index (Phi) is 8.40. The van der Waals surface area contributed by atoms with Gasteiger partial charge in [-0.15, -0.1) is 0 Å². The molecule has 3 aromatic rings. The Morgan fingerprint density at radius 3 is 1.79 bits per heavy atom. The Balaban J connectivity index is 2.03. The smallest absolute Gasteiger partial charge is 0.167 e. The molecule has 0 fully saturated rings. The van der Waals surface area contributed by atoms with E-state index in [2.05, 4.69) is 24.5 Å². The molecule has 0 unspecified atom stereocenters. The summed E-state index contributed by atoms with van der Waals surface area (Å²) in [6, 6.07) is 30.3. The number of allylic oxidation sites excluding steroid dienone is 1. The second kappa shape index (κ2) is 11.2. The van der Waals surface area contributed by atoms with Gasteiger partial charge in [0.15, 0.2) is 7.14 Å². The van der Waals surface area contributed by atoms with E-state index in [1.807, 2.05) is 78.9 Å². The SMILES string of the molecule is CCCCCC/C(=C\Sc1ccccc1)P(=O)(c1ccccc1)c1ccccc1. The highest BCUT2D eigenvalue weighted by atomic mass is 32.2. The van der Waals surface area contributed by atoms with Gasteiger partial charge in [0, 0.05) is 20.8 Å². The molecule has 0 aliphatic heterocycles. The van der Waals surface area contributed by atoms with Crippen molar-refractivity contribution in [1.29, 1.82) is 0 Å². The fourth-order valence-corrected chi connectivity index (χ4v) is 7.49. The second-order valence-corrected chi connectivity index (χ2v) is 10.9. The summed E-state index contributed by atoms with van der Waals surface area (Å²) in [6.45, 7) is 2.22. The van der Waals surface area contributed by atoms with Gasteiger partial charge < -0.3 is 4.57 Å². The lowest BCUT2D eigenvalue weighted by atomic mass is 10.1. The van der Waals surface area contributed by atoms with Gasteiger partial charge in [-0.1, -0.05) is 117 Å². The van der Waals surface area contributed by atoms with Crippen molar-refractivity contribution in [2.45, 2.75) is 43.9 Å². The molecular formula is C26H29OPS. The number of benzene rings is 3. The van der Waals surface area contributed by atoms with E-state index in [1.165, 1.54) is 24.2 Å². The first-order valence-corrected chi connectivity index (χ1v) is 13.0. The number of hydrogen-bond acceptors (Lipinski definition) is 2. The highest BCUT2D eigenvalue weighted by Gasteiger charge is 2.31. The molecule has 0 aromatic heterocycles. The summed E-state index contributed by atoms with van der Waals surface area (Å²) in [4.78, 5) is 1.17. The van der Waals surface area contributed by atoms with Crippen LogP contribution in [0.3, 0.4) is 0 Å². The van der Waals surface area contributed by atoms with Gasteiger partial charge in [-0.05, 0) is 30.4 Å². The van der Waals surface area contributed by atoms with Crippen molar-refractivity contribution in [3.05, 3.63) is 102 Å². The lowest BCUT2D eigenvalue weighted by Gasteiger charge is -2.23. The van der Waals surface area contributed by atoms with Gasteiger partial charge >= 0.3 is 0 Å². The average Bonchev–Trinajstić information content (AvgIpc) is 2.80. The molecule has 0 heterocycles. The van der Waals surface area contributed by atoms with E-state index in [4.69, 9.17) is 0 Å². The molecule has 29 heavy (non-hydrogen) atoms. The standard InChI is InChI=1S/C26H29OPS/c1-2-3-4-8-19-25(22-29-26-20-13-7-14-21-26)28(27,23-15-9-5-10-16-23)24-17-11-6-12-18-24/h5-7,9-18,20-22H,2-4,8,19H2,1H3/b25-22+. The summed E-state index contributed by atoms with van der Waals surface area (Å²) >= 11 is 1.67. The van der Waals surface area contributed by atoms with Crippen molar-refractivity contribution < 1.29 is 4.57 Å². The molecule has 0 aliphatic rings. The summed E-state index contributed by atoms with van der Waals surface area (Å²) in [5, 5.41) is 5.05. The Morgan fingerprint density at radius 1 is 0.759 bits per heavy atom. The quantitative estimate of drug-likeness (QED) is 0.191. The molecule has 3 heteroatoms. The Hall–Kier alpha value is -2.02. The summed E-state index contributed by atoms with van der Waals surface area (Å²) in [5.41, 5.74) is 0. The Labute approximate surface area is 179 Å². The number of unbranched alkanes of at least 4 members (excludes halogenated alkanes) is 3. The molecular weight excluding hydrogens is 391 g/mol. The zero-order valence-electron chi connectivity index (χ0n) is 17.0. The van der Waals surface area contributed by atoms with Crippen molar-refractivity contribution in [3.63, 3.8) is 0 Å². The van der Waals surface area contributed by atoms with E-state index in [0.29, 0.717) is 0 Å². The van der Waals surface area contributed by atoms with E-state index in [9.17, 15) is 4.57 Å². The zero-order chi connectivity index (χ0) is 20.4. The predicted octanol–water partition coefficient (Wildman–Crippen LogP) is 7.60. The lowest BCUT2D eigenvalue weighted by Crippen LogP contribution is -2.17. The summed E-state index contributed by atoms with van der Waals surface area (Å²) < 4.78 is 14.7. The molecule has 0 aliphatic carbocycles. The number of thioether (sulfide) groups is 1. The minimum atomic E-state index is -2.88. The Morgan fingerprint density at radius 2 is 1.28 bits per heavy atom. The third-order valence-corrected chi connectivity index (χ3v) is 9.34. The van der Waals surface area contributed by atoms with Gasteiger partial charge in [0.25, 0.3) is 0 Å². The maximum Gasteiger partial charge on any atom is 0.167 e. The van der Waals surface area contributed by atoms with Crippen molar-refractivity contribution >= 4 is 29.5 Å². The molecule has 0 bridgehead atoms. The maximum atomic E-state index is 14.7. The normalized spacial score (nSPS) is 12.1. The van der Waals surface area contributed by atoms with Gasteiger partial charge in [0.2, 0.25) is 0 Å². The minimum Gasteiger partial charge on any atom is -0.309 e. The number of rotatable bonds is 10. The first-order chi connectivity index (χ1) is 14.2. The fraction of sp³-hybridized carbons (Fsp3) is 0.231. The molecule has 0 N–H and O–H groups in total. The van der Waals surface area contributed by atoms with Gasteiger partial charge in [0.05, 0.1) is 0 Å². The third-order valence-electron chi connectivity index (χ3n) is 5.00. The van der Waals surface area contributed by atoms with Gasteiger partial charge in [-0.3, -0.25) is 0 Å². The molecule has 0 saturated carbocycles. The van der Waals surface area contributed by atoms with Gasteiger partial charge in [0.1, 0.15) is 0 Å². The van der Waals surface area contributed by atoms with Gasteiger partial charge in [-0.2, -0.15) is 0 Å². The van der Waals surface area contributed by atoms with Crippen LogP contribution in [0, 0.1) is 0 Å². The lowest BCUT2D eigenvalue weighted by molar-refractivity contribution is 0.587.